The van der Waals surface area contributed by atoms with E-state index in [1.165, 1.54) is 57.8 Å². The Morgan fingerprint density at radius 3 is 2.47 bits per heavy atom. The predicted octanol–water partition coefficient (Wildman–Crippen LogP) is 8.21. The third-order valence-electron chi connectivity index (χ3n) is 11.6. The number of fused-ring (bicyclic) bond motifs is 5. The molecular weight excluding hydrogens is 392 g/mol. The second-order valence-electron chi connectivity index (χ2n) is 12.7. The van der Waals surface area contributed by atoms with Gasteiger partial charge in [0.2, 0.25) is 0 Å². The highest BCUT2D eigenvalue weighted by Gasteiger charge is 2.60. The molecule has 4 fully saturated rings. The van der Waals surface area contributed by atoms with E-state index in [1.807, 2.05) is 6.92 Å². The van der Waals surface area contributed by atoms with Crippen LogP contribution in [0.5, 0.6) is 0 Å². The number of esters is 1. The fourth-order valence-electron chi connectivity index (χ4n) is 9.66. The Hall–Kier alpha value is -0.790. The van der Waals surface area contributed by atoms with Crippen molar-refractivity contribution in [2.75, 3.05) is 6.61 Å². The van der Waals surface area contributed by atoms with Gasteiger partial charge in [0, 0.05) is 6.42 Å². The monoisotopic (exact) mass is 442 g/mol. The molecule has 0 amide bonds. The first kappa shape index (κ1) is 24.3. The Bertz CT molecular complexity index is 710. The first-order valence-corrected chi connectivity index (χ1v) is 14.0. The van der Waals surface area contributed by atoms with Gasteiger partial charge in [-0.2, -0.15) is 0 Å². The number of hydrogen-bond acceptors (Lipinski definition) is 2. The maximum Gasteiger partial charge on any atom is 0.305 e. The molecule has 32 heavy (non-hydrogen) atoms. The average Bonchev–Trinajstić information content (AvgIpc) is 3.14. The topological polar surface area (TPSA) is 26.3 Å². The van der Waals surface area contributed by atoms with Gasteiger partial charge in [0.25, 0.3) is 0 Å². The minimum Gasteiger partial charge on any atom is -0.466 e. The molecule has 2 nitrogen and oxygen atoms in total. The molecule has 0 aromatic rings. The third kappa shape index (κ3) is 4.11. The molecule has 0 bridgehead atoms. The minimum atomic E-state index is -0.00207. The summed E-state index contributed by atoms with van der Waals surface area (Å²) in [6, 6.07) is 0. The van der Waals surface area contributed by atoms with Crippen LogP contribution in [0.25, 0.3) is 0 Å². The molecule has 0 radical (unpaired) electrons. The lowest BCUT2D eigenvalue weighted by atomic mass is 9.43. The van der Waals surface area contributed by atoms with Crippen molar-refractivity contribution >= 4 is 5.97 Å². The number of allylic oxidation sites excluding steroid dienone is 2. The van der Waals surface area contributed by atoms with Crippen molar-refractivity contribution in [3.8, 4) is 0 Å². The van der Waals surface area contributed by atoms with Gasteiger partial charge in [0.1, 0.15) is 0 Å². The lowest BCUT2D eigenvalue weighted by Gasteiger charge is -2.61. The largest absolute Gasteiger partial charge is 0.466 e. The number of hydrogen-bond donors (Lipinski definition) is 0. The highest BCUT2D eigenvalue weighted by molar-refractivity contribution is 5.69. The molecular formula is C30H50O2. The van der Waals surface area contributed by atoms with Crippen molar-refractivity contribution in [3.05, 3.63) is 11.6 Å². The van der Waals surface area contributed by atoms with Gasteiger partial charge >= 0.3 is 5.97 Å². The molecule has 9 atom stereocenters. The second kappa shape index (κ2) is 9.46. The van der Waals surface area contributed by atoms with Crippen molar-refractivity contribution in [2.24, 2.45) is 52.3 Å². The second-order valence-corrected chi connectivity index (χ2v) is 12.7. The molecule has 4 rings (SSSR count). The number of carbonyl (C=O) groups is 1. The highest BCUT2D eigenvalue weighted by atomic mass is 16.5. The molecule has 8 unspecified atom stereocenters. The van der Waals surface area contributed by atoms with E-state index in [-0.39, 0.29) is 5.97 Å². The highest BCUT2D eigenvalue weighted by Crippen LogP contribution is 2.68. The molecule has 0 aromatic heterocycles. The van der Waals surface area contributed by atoms with E-state index in [0.29, 0.717) is 29.8 Å². The van der Waals surface area contributed by atoms with Crippen LogP contribution in [0, 0.1) is 52.3 Å². The van der Waals surface area contributed by atoms with Gasteiger partial charge in [-0.05, 0) is 137 Å². The molecule has 0 aliphatic heterocycles. The standard InChI is InChI=1S/C30H50O2/c1-7-20(3)22-15-17-29(5)23(19-22)10-11-24-26-13-12-25(30(26,6)18-16-27(24)29)21(4)9-14-28(31)32-8-2/h7,21-27H,8-19H2,1-6H3/b20-7-/t21-,22?,23?,24?,25?,26?,27?,29?,30?/m1/s1. The fourth-order valence-corrected chi connectivity index (χ4v) is 9.66. The molecule has 4 aliphatic rings. The molecule has 0 aromatic carbocycles. The smallest absolute Gasteiger partial charge is 0.305 e. The molecule has 4 aliphatic carbocycles. The molecule has 182 valence electrons. The summed E-state index contributed by atoms with van der Waals surface area (Å²) in [7, 11) is 0. The van der Waals surface area contributed by atoms with Crippen molar-refractivity contribution in [1.82, 2.24) is 0 Å². The Kier molecular flexibility index (Phi) is 7.19. The van der Waals surface area contributed by atoms with Gasteiger partial charge in [-0.25, -0.2) is 0 Å². The van der Waals surface area contributed by atoms with Gasteiger partial charge in [0.05, 0.1) is 6.61 Å². The average molecular weight is 443 g/mol. The molecule has 4 saturated carbocycles. The lowest BCUT2D eigenvalue weighted by Crippen LogP contribution is -2.53. The summed E-state index contributed by atoms with van der Waals surface area (Å²) >= 11 is 0. The van der Waals surface area contributed by atoms with Crippen molar-refractivity contribution in [1.29, 1.82) is 0 Å². The van der Waals surface area contributed by atoms with Gasteiger partial charge < -0.3 is 4.74 Å². The zero-order valence-corrected chi connectivity index (χ0v) is 21.9. The van der Waals surface area contributed by atoms with Gasteiger partial charge in [-0.1, -0.05) is 32.4 Å². The van der Waals surface area contributed by atoms with E-state index in [9.17, 15) is 4.79 Å². The zero-order valence-electron chi connectivity index (χ0n) is 21.9. The molecule has 2 heteroatoms. The number of rotatable bonds is 6. The van der Waals surface area contributed by atoms with E-state index in [1.54, 1.807) is 5.57 Å². The first-order chi connectivity index (χ1) is 15.2. The summed E-state index contributed by atoms with van der Waals surface area (Å²) in [4.78, 5) is 11.9. The maximum absolute atomic E-state index is 11.9. The third-order valence-corrected chi connectivity index (χ3v) is 11.6. The van der Waals surface area contributed by atoms with Crippen LogP contribution in [-0.4, -0.2) is 12.6 Å². The summed E-state index contributed by atoms with van der Waals surface area (Å²) in [6.07, 6.45) is 17.0. The quantitative estimate of drug-likeness (QED) is 0.306. The van der Waals surface area contributed by atoms with Crippen LogP contribution in [0.15, 0.2) is 11.6 Å². The van der Waals surface area contributed by atoms with E-state index in [4.69, 9.17) is 4.74 Å². The summed E-state index contributed by atoms with van der Waals surface area (Å²) in [5, 5.41) is 0. The van der Waals surface area contributed by atoms with Gasteiger partial charge in [0.15, 0.2) is 0 Å². The zero-order chi connectivity index (χ0) is 23.1. The van der Waals surface area contributed by atoms with Crippen LogP contribution in [-0.2, 0) is 9.53 Å². The summed E-state index contributed by atoms with van der Waals surface area (Å²) < 4.78 is 5.21. The van der Waals surface area contributed by atoms with Crippen LogP contribution in [0.2, 0.25) is 0 Å². The summed E-state index contributed by atoms with van der Waals surface area (Å²) in [5.74, 6) is 6.05. The Balaban J connectivity index is 1.44. The first-order valence-electron chi connectivity index (χ1n) is 14.0. The van der Waals surface area contributed by atoms with Crippen LogP contribution < -0.4 is 0 Å². The van der Waals surface area contributed by atoms with Gasteiger partial charge in [-0.15, -0.1) is 0 Å². The fraction of sp³-hybridized carbons (Fsp3) is 0.900. The van der Waals surface area contributed by atoms with Crippen LogP contribution >= 0.6 is 0 Å². The number of ether oxygens (including phenoxy) is 1. The number of carbonyl (C=O) groups excluding carboxylic acids is 1. The van der Waals surface area contributed by atoms with Crippen molar-refractivity contribution < 1.29 is 9.53 Å². The molecule has 0 saturated heterocycles. The molecule has 0 heterocycles. The molecule has 0 N–H and O–H groups in total. The van der Waals surface area contributed by atoms with Crippen molar-refractivity contribution in [2.45, 2.75) is 112 Å². The SMILES string of the molecule is C/C=C(/C)C1CCC2(C)C(CCC3C2CCC2(C)C3CCC2[C@H](C)CCC(=O)OCC)C1. The predicted molar refractivity (Wildman–Crippen MR) is 133 cm³/mol. The van der Waals surface area contributed by atoms with E-state index in [0.717, 1.165) is 41.9 Å². The van der Waals surface area contributed by atoms with Crippen LogP contribution in [0.3, 0.4) is 0 Å². The lowest BCUT2D eigenvalue weighted by molar-refractivity contribution is -0.143. The molecule has 0 spiro atoms. The minimum absolute atomic E-state index is 0.00207. The van der Waals surface area contributed by atoms with Crippen molar-refractivity contribution in [3.63, 3.8) is 0 Å². The maximum atomic E-state index is 11.9. The van der Waals surface area contributed by atoms with E-state index < -0.39 is 0 Å². The Morgan fingerprint density at radius 2 is 1.75 bits per heavy atom. The van der Waals surface area contributed by atoms with E-state index in [2.05, 4.69) is 40.7 Å². The van der Waals surface area contributed by atoms with Crippen LogP contribution in [0.1, 0.15) is 112 Å². The summed E-state index contributed by atoms with van der Waals surface area (Å²) in [6.45, 7) is 14.8. The van der Waals surface area contributed by atoms with Gasteiger partial charge in [-0.3, -0.25) is 4.79 Å². The van der Waals surface area contributed by atoms with E-state index >= 15 is 0 Å². The summed E-state index contributed by atoms with van der Waals surface area (Å²) in [5.41, 5.74) is 2.72. The normalized spacial score (nSPS) is 44.9. The Morgan fingerprint density at radius 1 is 1.03 bits per heavy atom. The van der Waals surface area contributed by atoms with Crippen LogP contribution in [0.4, 0.5) is 0 Å². The Labute approximate surface area is 198 Å².